The summed E-state index contributed by atoms with van der Waals surface area (Å²) in [6.45, 7) is 13.8. The normalized spacial score (nSPS) is 13.8. The molecule has 0 radical (unpaired) electrons. The summed E-state index contributed by atoms with van der Waals surface area (Å²) in [6.07, 6.45) is 5.47. The third kappa shape index (κ3) is 4.74. The lowest BCUT2D eigenvalue weighted by atomic mass is 9.84. The second-order valence-electron chi connectivity index (χ2n) is 6.22. The molecule has 19 heavy (non-hydrogen) atoms. The Labute approximate surface area is 118 Å². The molecule has 0 amide bonds. The van der Waals surface area contributed by atoms with Gasteiger partial charge in [-0.05, 0) is 48.8 Å². The van der Waals surface area contributed by atoms with Crippen LogP contribution in [0.1, 0.15) is 52.7 Å². The largest absolute Gasteiger partial charge is 0.494 e. The first-order valence-corrected chi connectivity index (χ1v) is 7.27. The summed E-state index contributed by atoms with van der Waals surface area (Å²) in [7, 11) is 0. The van der Waals surface area contributed by atoms with E-state index in [1.807, 2.05) is 6.92 Å². The standard InChI is InChI=1S/C18H28O/c1-7-9-14(3)12-15-10-11-17(19-8-2)16(13-15)18(4,5)6/h7,9-11,13-14H,8,12H2,1-6H3/b9-7-. The maximum atomic E-state index is 5.76. The molecule has 1 nitrogen and oxygen atoms in total. The maximum Gasteiger partial charge on any atom is 0.123 e. The lowest BCUT2D eigenvalue weighted by molar-refractivity contribution is 0.329. The smallest absolute Gasteiger partial charge is 0.123 e. The molecule has 0 aromatic heterocycles. The minimum absolute atomic E-state index is 0.115. The zero-order valence-corrected chi connectivity index (χ0v) is 13.3. The van der Waals surface area contributed by atoms with Crippen molar-refractivity contribution in [2.45, 2.75) is 53.4 Å². The third-order valence-corrected chi connectivity index (χ3v) is 3.23. The van der Waals surface area contributed by atoms with E-state index in [1.165, 1.54) is 11.1 Å². The van der Waals surface area contributed by atoms with Gasteiger partial charge < -0.3 is 4.74 Å². The van der Waals surface area contributed by atoms with Crippen LogP contribution in [-0.2, 0) is 11.8 Å². The summed E-state index contributed by atoms with van der Waals surface area (Å²) >= 11 is 0. The van der Waals surface area contributed by atoms with Crippen LogP contribution < -0.4 is 4.74 Å². The molecule has 1 aromatic carbocycles. The fraction of sp³-hybridized carbons (Fsp3) is 0.556. The summed E-state index contributed by atoms with van der Waals surface area (Å²) in [4.78, 5) is 0. The van der Waals surface area contributed by atoms with Crippen LogP contribution in [0.15, 0.2) is 30.4 Å². The van der Waals surface area contributed by atoms with Gasteiger partial charge in [0.25, 0.3) is 0 Å². The highest BCUT2D eigenvalue weighted by molar-refractivity contribution is 5.41. The summed E-state index contributed by atoms with van der Waals surface area (Å²) < 4.78 is 5.76. The minimum atomic E-state index is 0.115. The monoisotopic (exact) mass is 260 g/mol. The van der Waals surface area contributed by atoms with E-state index < -0.39 is 0 Å². The van der Waals surface area contributed by atoms with E-state index in [0.717, 1.165) is 18.8 Å². The van der Waals surface area contributed by atoms with E-state index in [-0.39, 0.29) is 5.41 Å². The Morgan fingerprint density at radius 1 is 1.26 bits per heavy atom. The Hall–Kier alpha value is -1.24. The van der Waals surface area contributed by atoms with Crippen molar-refractivity contribution in [2.75, 3.05) is 6.61 Å². The molecule has 0 heterocycles. The third-order valence-electron chi connectivity index (χ3n) is 3.23. The topological polar surface area (TPSA) is 9.23 Å². The van der Waals surface area contributed by atoms with Gasteiger partial charge in [-0.2, -0.15) is 0 Å². The molecule has 0 bridgehead atoms. The highest BCUT2D eigenvalue weighted by Gasteiger charge is 2.19. The van der Waals surface area contributed by atoms with Crippen molar-refractivity contribution in [1.29, 1.82) is 0 Å². The zero-order chi connectivity index (χ0) is 14.5. The van der Waals surface area contributed by atoms with Crippen LogP contribution in [0.25, 0.3) is 0 Å². The van der Waals surface area contributed by atoms with Crippen LogP contribution in [-0.4, -0.2) is 6.61 Å². The summed E-state index contributed by atoms with van der Waals surface area (Å²) in [6, 6.07) is 6.63. The van der Waals surface area contributed by atoms with Gasteiger partial charge in [0.2, 0.25) is 0 Å². The van der Waals surface area contributed by atoms with Gasteiger partial charge in [-0.25, -0.2) is 0 Å². The molecule has 0 saturated carbocycles. The molecule has 0 aliphatic carbocycles. The number of rotatable bonds is 5. The Balaban J connectivity index is 3.04. The molecule has 1 aromatic rings. The first kappa shape index (κ1) is 15.8. The Bertz CT molecular complexity index is 424. The number of allylic oxidation sites excluding steroid dienone is 2. The average molecular weight is 260 g/mol. The maximum absolute atomic E-state index is 5.76. The van der Waals surface area contributed by atoms with Gasteiger partial charge in [0, 0.05) is 0 Å². The van der Waals surface area contributed by atoms with Crippen molar-refractivity contribution in [3.8, 4) is 5.75 Å². The van der Waals surface area contributed by atoms with Crippen LogP contribution in [0.2, 0.25) is 0 Å². The molecule has 1 atom stereocenters. The molecule has 106 valence electrons. The van der Waals surface area contributed by atoms with Crippen molar-refractivity contribution in [1.82, 2.24) is 0 Å². The lowest BCUT2D eigenvalue weighted by Gasteiger charge is -2.24. The van der Waals surface area contributed by atoms with Crippen LogP contribution in [0, 0.1) is 5.92 Å². The molecule has 0 aliphatic heterocycles. The predicted octanol–water partition coefficient (Wildman–Crippen LogP) is 5.14. The van der Waals surface area contributed by atoms with Gasteiger partial charge in [0.15, 0.2) is 0 Å². The fourth-order valence-corrected chi connectivity index (χ4v) is 2.34. The van der Waals surface area contributed by atoms with Crippen LogP contribution in [0.4, 0.5) is 0 Å². The first-order valence-electron chi connectivity index (χ1n) is 7.27. The summed E-state index contributed by atoms with van der Waals surface area (Å²) in [5.74, 6) is 1.60. The molecule has 0 saturated heterocycles. The number of ether oxygens (including phenoxy) is 1. The van der Waals surface area contributed by atoms with Gasteiger partial charge in [-0.1, -0.05) is 52.0 Å². The molecule has 0 aliphatic rings. The van der Waals surface area contributed by atoms with E-state index in [1.54, 1.807) is 0 Å². The molecule has 1 rings (SSSR count). The predicted molar refractivity (Wildman–Crippen MR) is 84.0 cm³/mol. The Morgan fingerprint density at radius 3 is 2.47 bits per heavy atom. The molecule has 0 spiro atoms. The van der Waals surface area contributed by atoms with Crippen molar-refractivity contribution in [2.24, 2.45) is 5.92 Å². The Morgan fingerprint density at radius 2 is 1.95 bits per heavy atom. The summed E-state index contributed by atoms with van der Waals surface area (Å²) in [5.41, 5.74) is 2.81. The summed E-state index contributed by atoms with van der Waals surface area (Å²) in [5, 5.41) is 0. The molecular formula is C18H28O. The van der Waals surface area contributed by atoms with Crippen molar-refractivity contribution in [3.63, 3.8) is 0 Å². The SMILES string of the molecule is C/C=C\C(C)Cc1ccc(OCC)c(C(C)(C)C)c1. The van der Waals surface area contributed by atoms with Crippen molar-refractivity contribution >= 4 is 0 Å². The van der Waals surface area contributed by atoms with Crippen LogP contribution in [0.3, 0.4) is 0 Å². The van der Waals surface area contributed by atoms with Crippen LogP contribution >= 0.6 is 0 Å². The van der Waals surface area contributed by atoms with E-state index in [9.17, 15) is 0 Å². The number of benzene rings is 1. The van der Waals surface area contributed by atoms with Gasteiger partial charge in [0.1, 0.15) is 5.75 Å². The van der Waals surface area contributed by atoms with Crippen molar-refractivity contribution < 1.29 is 4.74 Å². The van der Waals surface area contributed by atoms with Gasteiger partial charge in [0.05, 0.1) is 6.61 Å². The second-order valence-corrected chi connectivity index (χ2v) is 6.22. The van der Waals surface area contributed by atoms with E-state index in [0.29, 0.717) is 5.92 Å². The number of hydrogen-bond acceptors (Lipinski definition) is 1. The zero-order valence-electron chi connectivity index (χ0n) is 13.3. The molecule has 1 heteroatoms. The highest BCUT2D eigenvalue weighted by Crippen LogP contribution is 2.32. The van der Waals surface area contributed by atoms with Crippen LogP contribution in [0.5, 0.6) is 5.75 Å². The van der Waals surface area contributed by atoms with Gasteiger partial charge >= 0.3 is 0 Å². The van der Waals surface area contributed by atoms with Gasteiger partial charge in [-0.15, -0.1) is 0 Å². The lowest BCUT2D eigenvalue weighted by Crippen LogP contribution is -2.14. The second kappa shape index (κ2) is 6.79. The molecule has 0 N–H and O–H groups in total. The first-order chi connectivity index (χ1) is 8.88. The van der Waals surface area contributed by atoms with E-state index in [4.69, 9.17) is 4.74 Å². The average Bonchev–Trinajstić information content (AvgIpc) is 2.30. The number of hydrogen-bond donors (Lipinski definition) is 0. The van der Waals surface area contributed by atoms with Gasteiger partial charge in [-0.3, -0.25) is 0 Å². The highest BCUT2D eigenvalue weighted by atomic mass is 16.5. The van der Waals surface area contributed by atoms with E-state index >= 15 is 0 Å². The molecule has 1 unspecified atom stereocenters. The van der Waals surface area contributed by atoms with Crippen molar-refractivity contribution in [3.05, 3.63) is 41.5 Å². The molecule has 0 fully saturated rings. The van der Waals surface area contributed by atoms with E-state index in [2.05, 4.69) is 65.0 Å². The minimum Gasteiger partial charge on any atom is -0.494 e. The molecular weight excluding hydrogens is 232 g/mol. The Kier molecular flexibility index (Phi) is 5.65. The fourth-order valence-electron chi connectivity index (χ4n) is 2.34. The quantitative estimate of drug-likeness (QED) is 0.666.